The summed E-state index contributed by atoms with van der Waals surface area (Å²) in [5.74, 6) is -0.364. The lowest BCUT2D eigenvalue weighted by Gasteiger charge is -2.04. The number of halogens is 1. The van der Waals surface area contributed by atoms with Gasteiger partial charge >= 0.3 is 0 Å². The molecule has 0 spiro atoms. The van der Waals surface area contributed by atoms with E-state index >= 15 is 0 Å². The van der Waals surface area contributed by atoms with E-state index in [1.165, 1.54) is 12.1 Å². The van der Waals surface area contributed by atoms with Gasteiger partial charge in [-0.15, -0.1) is 0 Å². The molecule has 0 saturated carbocycles. The van der Waals surface area contributed by atoms with Gasteiger partial charge in [-0.25, -0.2) is 4.39 Å². The molecule has 12 heavy (non-hydrogen) atoms. The van der Waals surface area contributed by atoms with Crippen molar-refractivity contribution in [1.29, 1.82) is 5.26 Å². The molecule has 2 heteroatoms. The number of nitrogens with zero attached hydrogens (tertiary/aromatic N) is 1. The van der Waals surface area contributed by atoms with E-state index in [1.54, 1.807) is 12.1 Å². The van der Waals surface area contributed by atoms with Crippen LogP contribution >= 0.6 is 0 Å². The van der Waals surface area contributed by atoms with E-state index in [1.807, 2.05) is 6.92 Å². The van der Waals surface area contributed by atoms with Crippen LogP contribution in [-0.2, 0) is 0 Å². The molecule has 0 aromatic heterocycles. The highest BCUT2D eigenvalue weighted by Crippen LogP contribution is 2.18. The van der Waals surface area contributed by atoms with E-state index in [2.05, 4.69) is 6.07 Å². The van der Waals surface area contributed by atoms with E-state index in [4.69, 9.17) is 5.26 Å². The standard InChI is InChI=1S/C10H10FN/c1-2-8(7-12)9-3-5-10(11)6-4-9/h3-6,8H,2H2,1H3/t8-/m0/s1. The van der Waals surface area contributed by atoms with Crippen LogP contribution in [-0.4, -0.2) is 0 Å². The molecule has 62 valence electrons. The summed E-state index contributed by atoms with van der Waals surface area (Å²) in [5.41, 5.74) is 0.890. The Balaban J connectivity index is 2.89. The summed E-state index contributed by atoms with van der Waals surface area (Å²) < 4.78 is 12.5. The molecule has 1 aromatic rings. The predicted octanol–water partition coefficient (Wildman–Crippen LogP) is 2.84. The summed E-state index contributed by atoms with van der Waals surface area (Å²) in [6.45, 7) is 1.94. The maximum atomic E-state index is 12.5. The molecule has 1 aromatic carbocycles. The second-order valence-electron chi connectivity index (χ2n) is 2.64. The predicted molar refractivity (Wildman–Crippen MR) is 45.0 cm³/mol. The van der Waals surface area contributed by atoms with Gasteiger partial charge in [-0.3, -0.25) is 0 Å². The van der Waals surface area contributed by atoms with Gasteiger partial charge in [0.25, 0.3) is 0 Å². The minimum atomic E-state index is -0.258. The Morgan fingerprint density at radius 2 is 2.00 bits per heavy atom. The van der Waals surface area contributed by atoms with E-state index in [0.29, 0.717) is 0 Å². The average Bonchev–Trinajstić information content (AvgIpc) is 2.10. The lowest BCUT2D eigenvalue weighted by Crippen LogP contribution is -1.92. The quantitative estimate of drug-likeness (QED) is 0.657. The number of hydrogen-bond donors (Lipinski definition) is 0. The van der Waals surface area contributed by atoms with Crippen LogP contribution in [0.2, 0.25) is 0 Å². The maximum absolute atomic E-state index is 12.5. The molecule has 1 nitrogen and oxygen atoms in total. The SMILES string of the molecule is CC[C@@H](C#N)c1ccc(F)cc1. The minimum absolute atomic E-state index is 0.106. The van der Waals surface area contributed by atoms with Crippen molar-refractivity contribution in [2.75, 3.05) is 0 Å². The van der Waals surface area contributed by atoms with E-state index in [9.17, 15) is 4.39 Å². The first-order valence-electron chi connectivity index (χ1n) is 3.93. The smallest absolute Gasteiger partial charge is 0.123 e. The van der Waals surface area contributed by atoms with E-state index in [-0.39, 0.29) is 11.7 Å². The number of hydrogen-bond acceptors (Lipinski definition) is 1. The van der Waals surface area contributed by atoms with Crippen LogP contribution in [0.25, 0.3) is 0 Å². The van der Waals surface area contributed by atoms with E-state index in [0.717, 1.165) is 12.0 Å². The Bertz CT molecular complexity index is 284. The Kier molecular flexibility index (Phi) is 2.82. The molecule has 0 radical (unpaired) electrons. The van der Waals surface area contributed by atoms with Crippen LogP contribution in [0.3, 0.4) is 0 Å². The lowest BCUT2D eigenvalue weighted by atomic mass is 9.98. The summed E-state index contributed by atoms with van der Waals surface area (Å²) in [6.07, 6.45) is 0.766. The summed E-state index contributed by atoms with van der Waals surface area (Å²) in [6, 6.07) is 8.25. The summed E-state index contributed by atoms with van der Waals surface area (Å²) in [7, 11) is 0. The molecule has 0 aliphatic rings. The van der Waals surface area contributed by atoms with Crippen LogP contribution in [0.1, 0.15) is 24.8 Å². The largest absolute Gasteiger partial charge is 0.207 e. The fourth-order valence-corrected chi connectivity index (χ4v) is 1.10. The second-order valence-corrected chi connectivity index (χ2v) is 2.64. The third-order valence-corrected chi connectivity index (χ3v) is 1.84. The van der Waals surface area contributed by atoms with Gasteiger partial charge in [0.2, 0.25) is 0 Å². The third kappa shape index (κ3) is 1.82. The van der Waals surface area contributed by atoms with Gasteiger partial charge in [0.15, 0.2) is 0 Å². The van der Waals surface area contributed by atoms with Gasteiger partial charge in [0.05, 0.1) is 12.0 Å². The second kappa shape index (κ2) is 3.87. The zero-order chi connectivity index (χ0) is 8.97. The van der Waals surface area contributed by atoms with Crippen LogP contribution in [0.15, 0.2) is 24.3 Å². The molecular formula is C10H10FN. The zero-order valence-electron chi connectivity index (χ0n) is 6.92. The summed E-state index contributed by atoms with van der Waals surface area (Å²) >= 11 is 0. The number of rotatable bonds is 2. The third-order valence-electron chi connectivity index (χ3n) is 1.84. The van der Waals surface area contributed by atoms with Crippen molar-refractivity contribution in [3.8, 4) is 6.07 Å². The van der Waals surface area contributed by atoms with Crippen molar-refractivity contribution < 1.29 is 4.39 Å². The Hall–Kier alpha value is -1.36. The topological polar surface area (TPSA) is 23.8 Å². The normalized spacial score (nSPS) is 12.1. The number of benzene rings is 1. The Morgan fingerprint density at radius 3 is 2.42 bits per heavy atom. The monoisotopic (exact) mass is 163 g/mol. The molecular weight excluding hydrogens is 153 g/mol. The molecule has 1 atom stereocenters. The fraction of sp³-hybridized carbons (Fsp3) is 0.300. The molecule has 1 rings (SSSR count). The Morgan fingerprint density at radius 1 is 1.42 bits per heavy atom. The minimum Gasteiger partial charge on any atom is -0.207 e. The summed E-state index contributed by atoms with van der Waals surface area (Å²) in [5, 5.41) is 8.71. The molecule has 0 unspecified atom stereocenters. The van der Waals surface area contributed by atoms with Crippen LogP contribution in [0.5, 0.6) is 0 Å². The van der Waals surface area contributed by atoms with Crippen molar-refractivity contribution >= 4 is 0 Å². The van der Waals surface area contributed by atoms with E-state index < -0.39 is 0 Å². The maximum Gasteiger partial charge on any atom is 0.123 e. The molecule has 0 bridgehead atoms. The first kappa shape index (κ1) is 8.73. The average molecular weight is 163 g/mol. The first-order valence-corrected chi connectivity index (χ1v) is 3.93. The summed E-state index contributed by atoms with van der Waals surface area (Å²) in [4.78, 5) is 0. The van der Waals surface area contributed by atoms with Gasteiger partial charge in [0, 0.05) is 0 Å². The van der Waals surface area contributed by atoms with Gasteiger partial charge < -0.3 is 0 Å². The molecule has 0 heterocycles. The van der Waals surface area contributed by atoms with Gasteiger partial charge in [0.1, 0.15) is 5.82 Å². The molecule has 0 aliphatic carbocycles. The van der Waals surface area contributed by atoms with Crippen molar-refractivity contribution in [1.82, 2.24) is 0 Å². The van der Waals surface area contributed by atoms with Gasteiger partial charge in [-0.2, -0.15) is 5.26 Å². The first-order chi connectivity index (χ1) is 5.77. The molecule has 0 fully saturated rings. The highest BCUT2D eigenvalue weighted by Gasteiger charge is 2.06. The molecule has 0 saturated heterocycles. The fourth-order valence-electron chi connectivity index (χ4n) is 1.10. The highest BCUT2D eigenvalue weighted by atomic mass is 19.1. The van der Waals surface area contributed by atoms with Crippen molar-refractivity contribution in [2.24, 2.45) is 0 Å². The van der Waals surface area contributed by atoms with Crippen molar-refractivity contribution in [2.45, 2.75) is 19.3 Å². The molecule has 0 amide bonds. The Labute approximate surface area is 71.4 Å². The molecule has 0 N–H and O–H groups in total. The highest BCUT2D eigenvalue weighted by molar-refractivity contribution is 5.24. The molecule has 0 aliphatic heterocycles. The van der Waals surface area contributed by atoms with Crippen molar-refractivity contribution in [3.63, 3.8) is 0 Å². The van der Waals surface area contributed by atoms with Crippen LogP contribution in [0.4, 0.5) is 4.39 Å². The lowest BCUT2D eigenvalue weighted by molar-refractivity contribution is 0.626. The zero-order valence-corrected chi connectivity index (χ0v) is 6.92. The van der Waals surface area contributed by atoms with Gasteiger partial charge in [-0.05, 0) is 24.1 Å². The van der Waals surface area contributed by atoms with Crippen LogP contribution < -0.4 is 0 Å². The number of nitriles is 1. The van der Waals surface area contributed by atoms with Crippen LogP contribution in [0, 0.1) is 17.1 Å². The van der Waals surface area contributed by atoms with Crippen molar-refractivity contribution in [3.05, 3.63) is 35.6 Å². The van der Waals surface area contributed by atoms with Gasteiger partial charge in [-0.1, -0.05) is 19.1 Å².